The third-order valence-electron chi connectivity index (χ3n) is 1.000. The molecule has 0 heterocycles. The van der Waals surface area contributed by atoms with Gasteiger partial charge in [-0.05, 0) is 0 Å². The summed E-state index contributed by atoms with van der Waals surface area (Å²) < 4.78 is 0. The maximum Gasteiger partial charge on any atom is 3.00 e. The molecule has 0 aromatic carbocycles. The summed E-state index contributed by atoms with van der Waals surface area (Å²) in [6.07, 6.45) is 3.94. The molecule has 0 aliphatic rings. The molecule has 0 aromatic heterocycles. The number of hydrogen-bond donors (Lipinski definition) is 0. The van der Waals surface area contributed by atoms with Gasteiger partial charge < -0.3 is 22.9 Å². The van der Waals surface area contributed by atoms with Crippen molar-refractivity contribution in [3.63, 3.8) is 0 Å². The van der Waals surface area contributed by atoms with Gasteiger partial charge in [0.05, 0.1) is 0 Å². The van der Waals surface area contributed by atoms with Crippen molar-refractivity contribution < 1.29 is 18.9 Å². The summed E-state index contributed by atoms with van der Waals surface area (Å²) in [5, 5.41) is 0. The number of nitrogens with one attached hydrogen (secondary N) is 4. The predicted molar refractivity (Wildman–Crippen MR) is 83.7 cm³/mol. The molecule has 4 nitrogen and oxygen atoms in total. The van der Waals surface area contributed by atoms with E-state index in [4.69, 9.17) is 22.9 Å². The molecule has 0 saturated carbocycles. The summed E-state index contributed by atoms with van der Waals surface area (Å²) in [6, 6.07) is 0. The van der Waals surface area contributed by atoms with Crippen molar-refractivity contribution in [1.29, 1.82) is 0 Å². The van der Waals surface area contributed by atoms with Crippen molar-refractivity contribution in [3.05, 3.63) is 22.9 Å². The van der Waals surface area contributed by atoms with Crippen LogP contribution in [0.3, 0.4) is 0 Å². The van der Waals surface area contributed by atoms with E-state index in [1.54, 1.807) is 0 Å². The third-order valence-corrected chi connectivity index (χ3v) is 1.000. The van der Waals surface area contributed by atoms with Gasteiger partial charge in [0, 0.05) is 0 Å². The molecule has 4 N–H and O–H groups in total. The topological polar surface area (TPSA) is 95.2 Å². The quantitative estimate of drug-likeness (QED) is 0.698. The zero-order valence-electron chi connectivity index (χ0n) is 13.2. The molecule has 0 spiro atoms. The van der Waals surface area contributed by atoms with Gasteiger partial charge in [0.25, 0.3) is 0 Å². The van der Waals surface area contributed by atoms with Crippen molar-refractivity contribution in [2.45, 2.75) is 53.4 Å². The average molecular weight is 266 g/mol. The zero-order valence-corrected chi connectivity index (χ0v) is 14.4. The molecule has 0 amide bonds. The summed E-state index contributed by atoms with van der Waals surface area (Å²) in [6.45, 7) is 10.2. The van der Waals surface area contributed by atoms with Crippen LogP contribution in [0.5, 0.6) is 0 Å². The molecule has 0 aliphatic carbocycles. The molecular weight excluding hydrogens is 234 g/mol. The van der Waals surface area contributed by atoms with E-state index < -0.39 is 0 Å². The third kappa shape index (κ3) is 175. The van der Waals surface area contributed by atoms with E-state index in [1.807, 2.05) is 27.7 Å². The molecule has 0 bridgehead atoms. The van der Waals surface area contributed by atoms with Gasteiger partial charge in [-0.3, -0.25) is 0 Å². The maximum atomic E-state index is 6.45. The van der Waals surface area contributed by atoms with Crippen LogP contribution in [0.15, 0.2) is 0 Å². The molecule has 0 radical (unpaired) electrons. The van der Waals surface area contributed by atoms with Crippen LogP contribution >= 0.6 is 0 Å². The Morgan fingerprint density at radius 1 is 0.500 bits per heavy atom. The van der Waals surface area contributed by atoms with E-state index >= 15 is 0 Å². The molecule has 0 atom stereocenters. The fourth-order valence-corrected chi connectivity index (χ4v) is 0. The summed E-state index contributed by atoms with van der Waals surface area (Å²) in [7, 11) is 0. The van der Waals surface area contributed by atoms with E-state index in [2.05, 4.69) is 0 Å². The Morgan fingerprint density at radius 2 is 0.556 bits per heavy atom. The molecule has 0 aliphatic heterocycles. The number of hydrogen-bond acceptors (Lipinski definition) is 0. The van der Waals surface area contributed by atoms with Crippen molar-refractivity contribution in [3.8, 4) is 0 Å². The molecule has 18 heavy (non-hydrogen) atoms. The Bertz CT molecular complexity index is 48.0. The molecule has 0 rings (SSSR count). The Hall–Kier alpha value is 0.970. The summed E-state index contributed by atoms with van der Waals surface area (Å²) in [5.74, 6) is 0. The molecular formula is C12H32AlLiN4. The second kappa shape index (κ2) is 64.3. The van der Waals surface area contributed by atoms with Gasteiger partial charge >= 0.3 is 36.2 Å². The number of rotatable bonds is 4. The zero-order chi connectivity index (χ0) is 13.7. The molecule has 104 valence electrons. The van der Waals surface area contributed by atoms with Gasteiger partial charge in [-0.1, -0.05) is 53.4 Å². The minimum atomic E-state index is 0. The average Bonchev–Trinajstić information content (AvgIpc) is 2.39. The van der Waals surface area contributed by atoms with Gasteiger partial charge in [-0.25, -0.2) is 0 Å². The largest absolute Gasteiger partial charge is 3.00 e. The van der Waals surface area contributed by atoms with Crippen LogP contribution in [0.2, 0.25) is 0 Å². The van der Waals surface area contributed by atoms with Gasteiger partial charge in [0.2, 0.25) is 0 Å². The first-order valence-electron chi connectivity index (χ1n) is 6.24. The van der Waals surface area contributed by atoms with E-state index in [1.165, 1.54) is 0 Å². The molecule has 0 fully saturated rings. The first-order chi connectivity index (χ1) is 7.66. The summed E-state index contributed by atoms with van der Waals surface area (Å²) in [4.78, 5) is 0. The van der Waals surface area contributed by atoms with Crippen molar-refractivity contribution in [2.24, 2.45) is 0 Å². The fraction of sp³-hybridized carbons (Fsp3) is 1.00. The van der Waals surface area contributed by atoms with Crippen LogP contribution in [0.1, 0.15) is 53.4 Å². The molecule has 6 heteroatoms. The van der Waals surface area contributed by atoms with Gasteiger partial charge in [0.15, 0.2) is 0 Å². The van der Waals surface area contributed by atoms with E-state index in [9.17, 15) is 0 Å². The predicted octanol–water partition coefficient (Wildman–Crippen LogP) is 2.42. The first-order valence-corrected chi connectivity index (χ1v) is 6.24. The Kier molecular flexibility index (Phi) is 130. The van der Waals surface area contributed by atoms with Gasteiger partial charge in [-0.2, -0.15) is 26.2 Å². The Balaban J connectivity index is -0.0000000257. The van der Waals surface area contributed by atoms with Crippen molar-refractivity contribution in [2.75, 3.05) is 26.2 Å². The fourth-order valence-electron chi connectivity index (χ4n) is 0. The van der Waals surface area contributed by atoms with E-state index in [0.29, 0.717) is 26.2 Å². The standard InChI is InChI=1S/4C3H8N.Al.Li/c4*1-2-3-4;;/h4*4H,2-3H2,1H3;;/q4*-1;+3;+1. The van der Waals surface area contributed by atoms with Crippen LogP contribution in [0.4, 0.5) is 0 Å². The van der Waals surface area contributed by atoms with Crippen LogP contribution in [-0.4, -0.2) is 43.5 Å². The SMILES string of the molecule is CCC[NH-].CCC[NH-].CCC[NH-].CCC[NH-].[Al+3].[Li+]. The summed E-state index contributed by atoms with van der Waals surface area (Å²) >= 11 is 0. The Morgan fingerprint density at radius 3 is 0.556 bits per heavy atom. The second-order valence-corrected chi connectivity index (χ2v) is 3.00. The monoisotopic (exact) mass is 266 g/mol. The summed E-state index contributed by atoms with van der Waals surface area (Å²) in [5.41, 5.74) is 25.8. The second-order valence-electron chi connectivity index (χ2n) is 3.00. The van der Waals surface area contributed by atoms with E-state index in [-0.39, 0.29) is 36.2 Å². The van der Waals surface area contributed by atoms with Crippen molar-refractivity contribution >= 4 is 17.4 Å². The van der Waals surface area contributed by atoms with Crippen molar-refractivity contribution in [1.82, 2.24) is 0 Å². The van der Waals surface area contributed by atoms with Gasteiger partial charge in [-0.15, -0.1) is 0 Å². The molecule has 0 aromatic rings. The first kappa shape index (κ1) is 36.4. The van der Waals surface area contributed by atoms with Crippen LogP contribution in [-0.2, 0) is 0 Å². The van der Waals surface area contributed by atoms with Crippen LogP contribution in [0, 0.1) is 0 Å². The normalized spacial score (nSPS) is 6.67. The van der Waals surface area contributed by atoms with Crippen LogP contribution in [0.25, 0.3) is 22.9 Å². The minimum Gasteiger partial charge on any atom is -0.677 e. The smallest absolute Gasteiger partial charge is 0.677 e. The minimum absolute atomic E-state index is 0. The molecule has 0 unspecified atom stereocenters. The van der Waals surface area contributed by atoms with Gasteiger partial charge in [0.1, 0.15) is 0 Å². The maximum absolute atomic E-state index is 6.45. The van der Waals surface area contributed by atoms with Crippen LogP contribution < -0.4 is 18.9 Å². The Labute approximate surface area is 138 Å². The van der Waals surface area contributed by atoms with E-state index in [0.717, 1.165) is 25.7 Å². The molecule has 0 saturated heterocycles.